The number of anilines is 2. The number of rotatable bonds is 4. The van der Waals surface area contributed by atoms with Crippen molar-refractivity contribution in [2.75, 3.05) is 23.0 Å². The lowest BCUT2D eigenvalue weighted by Crippen LogP contribution is -2.53. The first-order valence-corrected chi connectivity index (χ1v) is 10.4. The molecule has 1 heterocycles. The minimum atomic E-state index is -0.358. The van der Waals surface area contributed by atoms with Crippen LogP contribution >= 0.6 is 0 Å². The largest absolute Gasteiger partial charge is 0.449 e. The normalized spacial score (nSPS) is 15.8. The molecule has 0 spiro atoms. The summed E-state index contributed by atoms with van der Waals surface area (Å²) in [7, 11) is 0. The van der Waals surface area contributed by atoms with Crippen molar-refractivity contribution in [1.82, 2.24) is 0 Å². The van der Waals surface area contributed by atoms with Crippen LogP contribution in [0, 0.1) is 13.8 Å². The molecule has 0 saturated heterocycles. The first kappa shape index (κ1) is 20.9. The van der Waals surface area contributed by atoms with Crippen molar-refractivity contribution in [3.63, 3.8) is 0 Å². The summed E-state index contributed by atoms with van der Waals surface area (Å²) in [6.07, 6.45) is 1.30. The zero-order valence-corrected chi connectivity index (χ0v) is 18.0. The van der Waals surface area contributed by atoms with E-state index >= 15 is 0 Å². The summed E-state index contributed by atoms with van der Waals surface area (Å²) in [6.45, 7) is 10.7. The lowest BCUT2D eigenvalue weighted by molar-refractivity contribution is 0.0981. The van der Waals surface area contributed by atoms with Gasteiger partial charge in [0, 0.05) is 12.1 Å². The number of fused-ring (bicyclic) bond motifs is 1. The Morgan fingerprint density at radius 3 is 2.17 bits per heavy atom. The predicted octanol–water partition coefficient (Wildman–Crippen LogP) is 5.27. The molecule has 1 unspecified atom stereocenters. The van der Waals surface area contributed by atoms with Gasteiger partial charge in [0.2, 0.25) is 0 Å². The number of nitrogens with zero attached hydrogens (tertiary/aromatic N) is 2. The van der Waals surface area contributed by atoms with E-state index in [-0.39, 0.29) is 18.0 Å². The second-order valence-corrected chi connectivity index (χ2v) is 7.52. The third-order valence-electron chi connectivity index (χ3n) is 5.69. The van der Waals surface area contributed by atoms with E-state index in [0.717, 1.165) is 35.3 Å². The Hall–Kier alpha value is -2.82. The molecule has 5 heteroatoms. The summed E-state index contributed by atoms with van der Waals surface area (Å²) in [6, 6.07) is 11.6. The molecule has 1 atom stereocenters. The van der Waals surface area contributed by atoms with Crippen molar-refractivity contribution in [3.05, 3.63) is 58.7 Å². The molecule has 0 N–H and O–H groups in total. The van der Waals surface area contributed by atoms with Gasteiger partial charge in [0.25, 0.3) is 5.91 Å². The highest BCUT2D eigenvalue weighted by atomic mass is 16.6. The summed E-state index contributed by atoms with van der Waals surface area (Å²) in [5.41, 5.74) is 5.52. The van der Waals surface area contributed by atoms with E-state index in [1.807, 2.05) is 62.1 Å². The summed E-state index contributed by atoms with van der Waals surface area (Å²) in [5.74, 6) is -0.0425. The predicted molar refractivity (Wildman–Crippen MR) is 117 cm³/mol. The smallest absolute Gasteiger partial charge is 0.414 e. The van der Waals surface area contributed by atoms with Crippen LogP contribution in [0.15, 0.2) is 36.4 Å². The van der Waals surface area contributed by atoms with Gasteiger partial charge in [-0.15, -0.1) is 0 Å². The van der Waals surface area contributed by atoms with Crippen LogP contribution in [0.3, 0.4) is 0 Å². The van der Waals surface area contributed by atoms with Gasteiger partial charge in [-0.25, -0.2) is 4.79 Å². The number of aryl methyl sites for hydroxylation is 3. The molecule has 0 aromatic heterocycles. The van der Waals surface area contributed by atoms with Crippen molar-refractivity contribution >= 4 is 23.4 Å². The number of hydrogen-bond acceptors (Lipinski definition) is 3. The molecule has 0 radical (unpaired) electrons. The Balaban J connectivity index is 2.08. The van der Waals surface area contributed by atoms with Gasteiger partial charge in [-0.1, -0.05) is 26.0 Å². The monoisotopic (exact) mass is 394 g/mol. The third-order valence-corrected chi connectivity index (χ3v) is 5.69. The second kappa shape index (κ2) is 8.68. The molecular formula is C24H30N2O3. The molecule has 0 fully saturated rings. The average molecular weight is 395 g/mol. The maximum atomic E-state index is 13.4. The SMILES string of the molecule is CCOC(=O)N1c2cc(C)c(C)cc2N(C(=O)c2ccc(CC)cc2)CC1CC. The fourth-order valence-corrected chi connectivity index (χ4v) is 3.77. The molecule has 0 saturated carbocycles. The Bertz CT molecular complexity index is 905. The maximum Gasteiger partial charge on any atom is 0.414 e. The van der Waals surface area contributed by atoms with Gasteiger partial charge in [-0.2, -0.15) is 0 Å². The van der Waals surface area contributed by atoms with E-state index in [2.05, 4.69) is 6.92 Å². The van der Waals surface area contributed by atoms with Crippen molar-refractivity contribution < 1.29 is 14.3 Å². The Morgan fingerprint density at radius 2 is 1.62 bits per heavy atom. The van der Waals surface area contributed by atoms with E-state index in [1.54, 1.807) is 11.8 Å². The highest BCUT2D eigenvalue weighted by Crippen LogP contribution is 2.39. The maximum absolute atomic E-state index is 13.4. The molecule has 2 amide bonds. The number of carbonyl (C=O) groups is 2. The highest BCUT2D eigenvalue weighted by Gasteiger charge is 2.37. The summed E-state index contributed by atoms with van der Waals surface area (Å²) < 4.78 is 5.33. The summed E-state index contributed by atoms with van der Waals surface area (Å²) >= 11 is 0. The zero-order chi connectivity index (χ0) is 21.1. The van der Waals surface area contributed by atoms with Crippen LogP contribution in [-0.4, -0.2) is 31.2 Å². The third kappa shape index (κ3) is 4.00. The van der Waals surface area contributed by atoms with Crippen molar-refractivity contribution in [1.29, 1.82) is 0 Å². The van der Waals surface area contributed by atoms with Gasteiger partial charge in [0.15, 0.2) is 0 Å². The van der Waals surface area contributed by atoms with Crippen LogP contribution in [0.5, 0.6) is 0 Å². The van der Waals surface area contributed by atoms with Crippen LogP contribution in [0.1, 0.15) is 54.2 Å². The topological polar surface area (TPSA) is 49.9 Å². The summed E-state index contributed by atoms with van der Waals surface area (Å²) in [4.78, 5) is 29.7. The Kier molecular flexibility index (Phi) is 6.26. The zero-order valence-electron chi connectivity index (χ0n) is 18.0. The first-order valence-electron chi connectivity index (χ1n) is 10.4. The van der Waals surface area contributed by atoms with E-state index in [9.17, 15) is 9.59 Å². The number of carbonyl (C=O) groups excluding carboxylic acids is 2. The minimum absolute atomic E-state index is 0.0425. The molecule has 154 valence electrons. The average Bonchev–Trinajstić information content (AvgIpc) is 2.73. The molecule has 1 aliphatic heterocycles. The van der Waals surface area contributed by atoms with Crippen molar-refractivity contribution in [3.8, 4) is 0 Å². The Labute approximate surface area is 173 Å². The molecule has 2 aromatic carbocycles. The van der Waals surface area contributed by atoms with Gasteiger partial charge in [-0.05, 0) is 74.6 Å². The quantitative estimate of drug-likeness (QED) is 0.710. The summed E-state index contributed by atoms with van der Waals surface area (Å²) in [5, 5.41) is 0. The van der Waals surface area contributed by atoms with Crippen molar-refractivity contribution in [2.45, 2.75) is 53.5 Å². The van der Waals surface area contributed by atoms with E-state index in [4.69, 9.17) is 4.74 Å². The fourth-order valence-electron chi connectivity index (χ4n) is 3.77. The molecule has 2 aromatic rings. The van der Waals surface area contributed by atoms with Gasteiger partial charge in [-0.3, -0.25) is 9.69 Å². The number of benzene rings is 2. The van der Waals surface area contributed by atoms with Gasteiger partial charge < -0.3 is 9.64 Å². The Morgan fingerprint density at radius 1 is 1.00 bits per heavy atom. The van der Waals surface area contributed by atoms with Gasteiger partial charge >= 0.3 is 6.09 Å². The lowest BCUT2D eigenvalue weighted by Gasteiger charge is -2.42. The standard InChI is InChI=1S/C24H30N2O3/c1-6-18-9-11-19(12-10-18)23(27)25-15-20(7-2)26(24(28)29-8-3)22-14-17(5)16(4)13-21(22)25/h9-14,20H,6-8,15H2,1-5H3. The number of ether oxygens (including phenoxy) is 1. The van der Waals surface area contributed by atoms with Gasteiger partial charge in [0.05, 0.1) is 24.0 Å². The molecule has 5 nitrogen and oxygen atoms in total. The van der Waals surface area contributed by atoms with Crippen LogP contribution in [0.25, 0.3) is 0 Å². The van der Waals surface area contributed by atoms with E-state index < -0.39 is 0 Å². The molecule has 0 aliphatic carbocycles. The second-order valence-electron chi connectivity index (χ2n) is 7.52. The molecule has 1 aliphatic rings. The van der Waals surface area contributed by atoms with Crippen molar-refractivity contribution in [2.24, 2.45) is 0 Å². The molecule has 0 bridgehead atoms. The van der Waals surface area contributed by atoms with Crippen LogP contribution in [0.2, 0.25) is 0 Å². The molecule has 3 rings (SSSR count). The minimum Gasteiger partial charge on any atom is -0.449 e. The lowest BCUT2D eigenvalue weighted by atomic mass is 9.99. The highest BCUT2D eigenvalue weighted by molar-refractivity contribution is 6.10. The fraction of sp³-hybridized carbons (Fsp3) is 0.417. The first-order chi connectivity index (χ1) is 13.9. The van der Waals surface area contributed by atoms with Crippen LogP contribution in [0.4, 0.5) is 16.2 Å². The molecule has 29 heavy (non-hydrogen) atoms. The van der Waals surface area contributed by atoms with E-state index in [0.29, 0.717) is 18.7 Å². The number of amides is 2. The van der Waals surface area contributed by atoms with Crippen LogP contribution in [-0.2, 0) is 11.2 Å². The molecular weight excluding hydrogens is 364 g/mol. The van der Waals surface area contributed by atoms with Crippen LogP contribution < -0.4 is 9.80 Å². The van der Waals surface area contributed by atoms with Gasteiger partial charge in [0.1, 0.15) is 0 Å². The van der Waals surface area contributed by atoms with E-state index in [1.165, 1.54) is 5.56 Å². The number of hydrogen-bond donors (Lipinski definition) is 0.